The van der Waals surface area contributed by atoms with E-state index in [1.54, 1.807) is 35.4 Å². The Labute approximate surface area is 228 Å². The van der Waals surface area contributed by atoms with E-state index in [4.69, 9.17) is 19.0 Å². The number of aliphatic hydroxyl groups is 3. The molecule has 1 aromatic heterocycles. The van der Waals surface area contributed by atoms with Crippen LogP contribution in [0.1, 0.15) is 30.4 Å². The summed E-state index contributed by atoms with van der Waals surface area (Å²) >= 11 is 2.06. The van der Waals surface area contributed by atoms with Crippen LogP contribution in [0.2, 0.25) is 0 Å². The van der Waals surface area contributed by atoms with E-state index in [9.17, 15) is 19.8 Å². The molecular formula is C26H31IN2O8. The van der Waals surface area contributed by atoms with Gasteiger partial charge in [-0.3, -0.25) is 9.59 Å². The molecule has 0 saturated heterocycles. The number of hydrogen-bond donors (Lipinski definition) is 4. The van der Waals surface area contributed by atoms with Crippen molar-refractivity contribution in [3.05, 3.63) is 57.1 Å². The minimum Gasteiger partial charge on any atom is -0.493 e. The summed E-state index contributed by atoms with van der Waals surface area (Å²) < 4.78 is 17.6. The largest absolute Gasteiger partial charge is 0.493 e. The van der Waals surface area contributed by atoms with E-state index in [2.05, 4.69) is 27.9 Å². The van der Waals surface area contributed by atoms with Gasteiger partial charge >= 0.3 is 0 Å². The average Bonchev–Trinajstić information content (AvgIpc) is 3.63. The molecule has 2 amide bonds. The van der Waals surface area contributed by atoms with Crippen LogP contribution < -0.4 is 14.8 Å². The number of methoxy groups -OCH3 is 1. The number of carbonyl (C=O) groups excluding carboxylic acids is 2. The number of halogens is 1. The first-order chi connectivity index (χ1) is 17.9. The van der Waals surface area contributed by atoms with Crippen LogP contribution in [-0.2, 0) is 22.7 Å². The zero-order valence-electron chi connectivity index (χ0n) is 20.4. The molecule has 37 heavy (non-hydrogen) atoms. The fourth-order valence-corrected chi connectivity index (χ4v) is 5.19. The van der Waals surface area contributed by atoms with Crippen LogP contribution in [0.15, 0.2) is 46.8 Å². The SMILES string of the molecule is COc1cc(CO)cc(I)c1OC1C=C(C(=O)NCCO)CC(N(Cc2ccoc2)C(=O)C2CC2)C1O. The molecule has 2 aliphatic carbocycles. The van der Waals surface area contributed by atoms with Crippen molar-refractivity contribution < 1.29 is 38.8 Å². The lowest BCUT2D eigenvalue weighted by atomic mass is 9.87. The van der Waals surface area contributed by atoms with E-state index in [1.165, 1.54) is 13.4 Å². The highest BCUT2D eigenvalue weighted by atomic mass is 127. The highest BCUT2D eigenvalue weighted by Crippen LogP contribution is 2.39. The molecule has 2 aromatic rings. The summed E-state index contributed by atoms with van der Waals surface area (Å²) in [5, 5.41) is 32.9. The summed E-state index contributed by atoms with van der Waals surface area (Å²) in [4.78, 5) is 27.9. The maximum absolute atomic E-state index is 13.4. The lowest BCUT2D eigenvalue weighted by molar-refractivity contribution is -0.140. The number of furan rings is 1. The maximum Gasteiger partial charge on any atom is 0.247 e. The number of aliphatic hydroxyl groups excluding tert-OH is 3. The highest BCUT2D eigenvalue weighted by Gasteiger charge is 2.44. The molecule has 1 fully saturated rings. The summed E-state index contributed by atoms with van der Waals surface area (Å²) in [6.07, 6.45) is 4.20. The fourth-order valence-electron chi connectivity index (χ4n) is 4.40. The van der Waals surface area contributed by atoms with Gasteiger partial charge in [-0.25, -0.2) is 0 Å². The van der Waals surface area contributed by atoms with Gasteiger partial charge in [0.1, 0.15) is 12.2 Å². The van der Waals surface area contributed by atoms with E-state index in [0.29, 0.717) is 26.2 Å². The van der Waals surface area contributed by atoms with Gasteiger partial charge in [0.2, 0.25) is 11.8 Å². The summed E-state index contributed by atoms with van der Waals surface area (Å²) in [5.74, 6) is 0.128. The number of ether oxygens (including phenoxy) is 2. The Morgan fingerprint density at radius 1 is 1.24 bits per heavy atom. The van der Waals surface area contributed by atoms with E-state index < -0.39 is 24.2 Å². The third-order valence-electron chi connectivity index (χ3n) is 6.48. The zero-order valence-corrected chi connectivity index (χ0v) is 22.6. The zero-order chi connectivity index (χ0) is 26.5. The summed E-state index contributed by atoms with van der Waals surface area (Å²) in [7, 11) is 1.48. The first-order valence-electron chi connectivity index (χ1n) is 12.1. The van der Waals surface area contributed by atoms with E-state index in [1.807, 2.05) is 0 Å². The van der Waals surface area contributed by atoms with Gasteiger partial charge in [-0.15, -0.1) is 0 Å². The second kappa shape index (κ2) is 12.3. The van der Waals surface area contributed by atoms with Crippen molar-refractivity contribution in [1.82, 2.24) is 10.2 Å². The molecule has 0 aliphatic heterocycles. The third-order valence-corrected chi connectivity index (χ3v) is 7.28. The van der Waals surface area contributed by atoms with Crippen molar-refractivity contribution in [2.75, 3.05) is 20.3 Å². The van der Waals surface area contributed by atoms with Crippen LogP contribution >= 0.6 is 22.6 Å². The van der Waals surface area contributed by atoms with E-state index in [0.717, 1.165) is 18.4 Å². The monoisotopic (exact) mass is 626 g/mol. The maximum atomic E-state index is 13.4. The second-order valence-corrected chi connectivity index (χ2v) is 10.3. The van der Waals surface area contributed by atoms with Crippen LogP contribution in [-0.4, -0.2) is 70.5 Å². The minimum atomic E-state index is -1.15. The molecule has 3 unspecified atom stereocenters. The quantitative estimate of drug-likeness (QED) is 0.277. The lowest BCUT2D eigenvalue weighted by Gasteiger charge is -2.40. The molecule has 1 saturated carbocycles. The number of amides is 2. The molecular weight excluding hydrogens is 595 g/mol. The smallest absolute Gasteiger partial charge is 0.247 e. The Morgan fingerprint density at radius 2 is 2.03 bits per heavy atom. The fraction of sp³-hybridized carbons (Fsp3) is 0.462. The molecule has 0 bridgehead atoms. The molecule has 200 valence electrons. The van der Waals surface area contributed by atoms with Crippen molar-refractivity contribution in [3.63, 3.8) is 0 Å². The van der Waals surface area contributed by atoms with Crippen molar-refractivity contribution >= 4 is 34.4 Å². The molecule has 1 heterocycles. The van der Waals surface area contributed by atoms with E-state index in [-0.39, 0.29) is 44.5 Å². The lowest BCUT2D eigenvalue weighted by Crippen LogP contribution is -2.55. The van der Waals surface area contributed by atoms with Gasteiger partial charge in [-0.05, 0) is 65.3 Å². The van der Waals surface area contributed by atoms with Crippen molar-refractivity contribution in [3.8, 4) is 11.5 Å². The number of rotatable bonds is 11. The number of nitrogens with one attached hydrogen (secondary N) is 1. The van der Waals surface area contributed by atoms with Gasteiger partial charge < -0.3 is 39.4 Å². The highest BCUT2D eigenvalue weighted by molar-refractivity contribution is 14.1. The van der Waals surface area contributed by atoms with Gasteiger partial charge in [-0.1, -0.05) is 0 Å². The molecule has 3 atom stereocenters. The van der Waals surface area contributed by atoms with Gasteiger partial charge in [-0.2, -0.15) is 0 Å². The predicted molar refractivity (Wildman–Crippen MR) is 141 cm³/mol. The Kier molecular flexibility index (Phi) is 9.11. The van der Waals surface area contributed by atoms with Crippen LogP contribution in [0.4, 0.5) is 0 Å². The summed E-state index contributed by atoms with van der Waals surface area (Å²) in [5.41, 5.74) is 1.75. The normalized spacial score (nSPS) is 21.2. The molecule has 0 radical (unpaired) electrons. The Morgan fingerprint density at radius 3 is 2.65 bits per heavy atom. The first-order valence-corrected chi connectivity index (χ1v) is 13.2. The van der Waals surface area contributed by atoms with Crippen molar-refractivity contribution in [1.29, 1.82) is 0 Å². The molecule has 11 heteroatoms. The number of nitrogens with zero attached hydrogens (tertiary/aromatic N) is 1. The van der Waals surface area contributed by atoms with Gasteiger partial charge in [0.25, 0.3) is 0 Å². The molecule has 10 nitrogen and oxygen atoms in total. The number of carbonyl (C=O) groups is 2. The first kappa shape index (κ1) is 27.4. The van der Waals surface area contributed by atoms with Gasteiger partial charge in [0.15, 0.2) is 11.5 Å². The molecule has 0 spiro atoms. The average molecular weight is 626 g/mol. The van der Waals surface area contributed by atoms with Gasteiger partial charge in [0, 0.05) is 36.6 Å². The topological polar surface area (TPSA) is 142 Å². The number of hydrogen-bond acceptors (Lipinski definition) is 8. The van der Waals surface area contributed by atoms with Crippen LogP contribution in [0.3, 0.4) is 0 Å². The van der Waals surface area contributed by atoms with Gasteiger partial charge in [0.05, 0.1) is 42.5 Å². The predicted octanol–water partition coefficient (Wildman–Crippen LogP) is 1.74. The van der Waals surface area contributed by atoms with Crippen LogP contribution in [0.5, 0.6) is 11.5 Å². The molecule has 1 aromatic carbocycles. The van der Waals surface area contributed by atoms with Crippen LogP contribution in [0, 0.1) is 9.49 Å². The minimum absolute atomic E-state index is 0.0724. The molecule has 4 rings (SSSR count). The number of benzene rings is 1. The van der Waals surface area contributed by atoms with Crippen molar-refractivity contribution in [2.45, 2.75) is 50.7 Å². The summed E-state index contributed by atoms with van der Waals surface area (Å²) in [6, 6.07) is 4.40. The standard InChI is InChI=1S/C26H31IN2O8/c1-35-22-9-16(13-31)8-19(27)24(22)37-21-11-18(25(33)28-5-6-30)10-20(23(21)32)29(26(34)17-2-3-17)12-15-4-7-36-14-15/h4,7-9,11,14,17,20-21,23,30-32H,2-3,5-6,10,12-13H2,1H3,(H,28,33). The summed E-state index contributed by atoms with van der Waals surface area (Å²) in [6.45, 7) is -0.104. The molecule has 4 N–H and O–H groups in total. The Hall–Kier alpha value is -2.61. The Bertz CT molecular complexity index is 1130. The van der Waals surface area contributed by atoms with Crippen LogP contribution in [0.25, 0.3) is 0 Å². The van der Waals surface area contributed by atoms with E-state index >= 15 is 0 Å². The Balaban J connectivity index is 1.69. The van der Waals surface area contributed by atoms with Crippen molar-refractivity contribution in [2.24, 2.45) is 5.92 Å². The molecule has 2 aliphatic rings. The third kappa shape index (κ3) is 6.46. The second-order valence-electron chi connectivity index (χ2n) is 9.16.